The molecule has 0 spiro atoms. The number of piperidine rings is 1. The summed E-state index contributed by atoms with van der Waals surface area (Å²) in [5, 5.41) is 9.82. The summed E-state index contributed by atoms with van der Waals surface area (Å²) in [6, 6.07) is 3.88. The molecule has 3 aromatic rings. The Kier molecular flexibility index (Phi) is 6.05. The summed E-state index contributed by atoms with van der Waals surface area (Å²) in [4.78, 5) is 13.8. The Morgan fingerprint density at radius 3 is 2.52 bits per heavy atom. The van der Waals surface area contributed by atoms with Crippen LogP contribution >= 0.6 is 11.6 Å². The second-order valence-corrected chi connectivity index (χ2v) is 9.10. The van der Waals surface area contributed by atoms with E-state index in [0.29, 0.717) is 29.1 Å². The molecule has 2 aromatic heterocycles. The first-order chi connectivity index (χ1) is 15.9. The molecule has 11 heteroatoms. The van der Waals surface area contributed by atoms with Crippen molar-refractivity contribution in [3.63, 3.8) is 0 Å². The van der Waals surface area contributed by atoms with Crippen LogP contribution in [0.15, 0.2) is 24.4 Å². The Balaban J connectivity index is 1.54. The highest BCUT2D eigenvalue weighted by molar-refractivity contribution is 6.31. The third kappa shape index (κ3) is 4.86. The quantitative estimate of drug-likeness (QED) is 0.447. The highest BCUT2D eigenvalue weighted by atomic mass is 35.5. The lowest BCUT2D eigenvalue weighted by Crippen LogP contribution is -2.30. The SMILES string of the molecule is FC(F)(F)c1cc(Cl)cc(Nc2nc3cnc(NC4CCCC4)nc3n2C2CCNCC2)c1. The average molecular weight is 480 g/mol. The summed E-state index contributed by atoms with van der Waals surface area (Å²) in [5.41, 5.74) is 0.659. The van der Waals surface area contributed by atoms with Crippen LogP contribution < -0.4 is 16.0 Å². The topological polar surface area (TPSA) is 79.7 Å². The summed E-state index contributed by atoms with van der Waals surface area (Å²) < 4.78 is 41.9. The fourth-order valence-corrected chi connectivity index (χ4v) is 4.90. The molecule has 3 N–H and O–H groups in total. The van der Waals surface area contributed by atoms with Crippen LogP contribution in [0.25, 0.3) is 11.2 Å². The van der Waals surface area contributed by atoms with Crippen molar-refractivity contribution in [1.29, 1.82) is 0 Å². The number of anilines is 3. The van der Waals surface area contributed by atoms with Crippen LogP contribution in [0.3, 0.4) is 0 Å². The average Bonchev–Trinajstić information content (AvgIpc) is 3.40. The number of hydrogen-bond acceptors (Lipinski definition) is 6. The molecule has 1 aliphatic carbocycles. The Labute approximate surface area is 194 Å². The highest BCUT2D eigenvalue weighted by Crippen LogP contribution is 2.35. The number of aromatic nitrogens is 4. The van der Waals surface area contributed by atoms with Gasteiger partial charge in [0.05, 0.1) is 11.8 Å². The fraction of sp³-hybridized carbons (Fsp3) is 0.500. The number of benzene rings is 1. The first-order valence-corrected chi connectivity index (χ1v) is 11.6. The Morgan fingerprint density at radius 2 is 1.79 bits per heavy atom. The number of alkyl halides is 3. The molecule has 1 aliphatic heterocycles. The highest BCUT2D eigenvalue weighted by Gasteiger charge is 2.31. The lowest BCUT2D eigenvalue weighted by Gasteiger charge is -2.26. The molecule has 7 nitrogen and oxygen atoms in total. The Hall–Kier alpha value is -2.59. The molecule has 5 rings (SSSR count). The van der Waals surface area contributed by atoms with Gasteiger partial charge < -0.3 is 16.0 Å². The number of halogens is 4. The van der Waals surface area contributed by atoms with Crippen molar-refractivity contribution in [2.24, 2.45) is 0 Å². The number of imidazole rings is 1. The van der Waals surface area contributed by atoms with Crippen molar-refractivity contribution in [1.82, 2.24) is 24.8 Å². The smallest absolute Gasteiger partial charge is 0.351 e. The Bertz CT molecular complexity index is 1130. The number of rotatable bonds is 5. The predicted molar refractivity (Wildman–Crippen MR) is 122 cm³/mol. The van der Waals surface area contributed by atoms with Crippen LogP contribution in [-0.2, 0) is 6.18 Å². The molecular formula is C22H25ClF3N7. The van der Waals surface area contributed by atoms with Crippen LogP contribution in [0.2, 0.25) is 5.02 Å². The van der Waals surface area contributed by atoms with Crippen molar-refractivity contribution in [3.8, 4) is 0 Å². The lowest BCUT2D eigenvalue weighted by molar-refractivity contribution is -0.137. The largest absolute Gasteiger partial charge is 0.416 e. The molecule has 2 fully saturated rings. The van der Waals surface area contributed by atoms with Gasteiger partial charge in [-0.1, -0.05) is 24.4 Å². The molecule has 176 valence electrons. The lowest BCUT2D eigenvalue weighted by atomic mass is 10.1. The van der Waals surface area contributed by atoms with Crippen molar-refractivity contribution < 1.29 is 13.2 Å². The van der Waals surface area contributed by atoms with Crippen LogP contribution in [0.4, 0.5) is 30.8 Å². The van der Waals surface area contributed by atoms with Crippen LogP contribution in [0.5, 0.6) is 0 Å². The number of fused-ring (bicyclic) bond motifs is 1. The second-order valence-electron chi connectivity index (χ2n) is 8.67. The van der Waals surface area contributed by atoms with Gasteiger partial charge >= 0.3 is 6.18 Å². The van der Waals surface area contributed by atoms with Crippen molar-refractivity contribution in [3.05, 3.63) is 35.0 Å². The summed E-state index contributed by atoms with van der Waals surface area (Å²) in [5.74, 6) is 0.984. The van der Waals surface area contributed by atoms with E-state index < -0.39 is 11.7 Å². The minimum atomic E-state index is -4.50. The number of nitrogens with one attached hydrogen (secondary N) is 3. The van der Waals surface area contributed by atoms with Gasteiger partial charge in [-0.05, 0) is 57.0 Å². The van der Waals surface area contributed by atoms with Crippen molar-refractivity contribution >= 4 is 40.3 Å². The van der Waals surface area contributed by atoms with Gasteiger partial charge in [0.15, 0.2) is 5.65 Å². The number of nitrogens with zero attached hydrogens (tertiary/aromatic N) is 4. The van der Waals surface area contributed by atoms with Crippen molar-refractivity contribution in [2.75, 3.05) is 23.7 Å². The van der Waals surface area contributed by atoms with Gasteiger partial charge in [0.25, 0.3) is 0 Å². The minimum absolute atomic E-state index is 0.000283. The maximum Gasteiger partial charge on any atom is 0.416 e. The molecule has 0 amide bonds. The van der Waals surface area contributed by atoms with E-state index in [1.165, 1.54) is 18.9 Å². The van der Waals surface area contributed by atoms with Crippen LogP contribution in [0.1, 0.15) is 50.1 Å². The van der Waals surface area contributed by atoms with E-state index in [1.54, 1.807) is 6.20 Å². The van der Waals surface area contributed by atoms with Gasteiger partial charge in [-0.25, -0.2) is 9.97 Å². The molecule has 0 atom stereocenters. The normalized spacial score (nSPS) is 18.2. The monoisotopic (exact) mass is 479 g/mol. The minimum Gasteiger partial charge on any atom is -0.351 e. The van der Waals surface area contributed by atoms with E-state index in [4.69, 9.17) is 16.6 Å². The molecule has 0 bridgehead atoms. The number of hydrogen-bond donors (Lipinski definition) is 3. The van der Waals surface area contributed by atoms with E-state index in [2.05, 4.69) is 25.9 Å². The van der Waals surface area contributed by atoms with E-state index in [1.807, 2.05) is 4.57 Å². The zero-order valence-electron chi connectivity index (χ0n) is 17.9. The molecule has 0 unspecified atom stereocenters. The maximum atomic E-state index is 13.3. The molecule has 1 aromatic carbocycles. The summed E-state index contributed by atoms with van der Waals surface area (Å²) in [6.07, 6.45) is 3.47. The summed E-state index contributed by atoms with van der Waals surface area (Å²) in [7, 11) is 0. The van der Waals surface area contributed by atoms with E-state index in [-0.39, 0.29) is 16.8 Å². The van der Waals surface area contributed by atoms with Crippen molar-refractivity contribution in [2.45, 2.75) is 56.8 Å². The van der Waals surface area contributed by atoms with E-state index >= 15 is 0 Å². The third-order valence-corrected chi connectivity index (χ3v) is 6.49. The van der Waals surface area contributed by atoms with Gasteiger partial charge in [0.2, 0.25) is 11.9 Å². The molecule has 1 saturated heterocycles. The summed E-state index contributed by atoms with van der Waals surface area (Å²) in [6.45, 7) is 1.69. The first kappa shape index (κ1) is 22.2. The summed E-state index contributed by atoms with van der Waals surface area (Å²) >= 11 is 5.99. The van der Waals surface area contributed by atoms with Gasteiger partial charge in [0, 0.05) is 22.8 Å². The van der Waals surface area contributed by atoms with Gasteiger partial charge in [0.1, 0.15) is 5.52 Å². The van der Waals surface area contributed by atoms with Gasteiger partial charge in [-0.3, -0.25) is 4.57 Å². The molecule has 2 aliphatic rings. The van der Waals surface area contributed by atoms with Crippen LogP contribution in [-0.4, -0.2) is 38.7 Å². The van der Waals surface area contributed by atoms with E-state index in [0.717, 1.165) is 50.9 Å². The molecule has 0 radical (unpaired) electrons. The zero-order valence-corrected chi connectivity index (χ0v) is 18.7. The zero-order chi connectivity index (χ0) is 23.0. The standard InChI is InChI=1S/C22H25ClF3N7/c23-14-9-13(22(24,25)26)10-16(11-14)30-21-31-18-12-28-20(29-15-3-1-2-4-15)32-19(18)33(21)17-5-7-27-8-6-17/h9-12,15,17,27H,1-8H2,(H,30,31)(H,28,29,32). The molecule has 1 saturated carbocycles. The molecule has 3 heterocycles. The Morgan fingerprint density at radius 1 is 1.03 bits per heavy atom. The van der Waals surface area contributed by atoms with Gasteiger partial charge in [-0.2, -0.15) is 18.2 Å². The first-order valence-electron chi connectivity index (χ1n) is 11.2. The predicted octanol–water partition coefficient (Wildman–Crippen LogP) is 5.52. The van der Waals surface area contributed by atoms with Crippen LogP contribution in [0, 0.1) is 0 Å². The third-order valence-electron chi connectivity index (χ3n) is 6.28. The maximum absolute atomic E-state index is 13.3. The van der Waals surface area contributed by atoms with Gasteiger partial charge in [-0.15, -0.1) is 0 Å². The van der Waals surface area contributed by atoms with E-state index in [9.17, 15) is 13.2 Å². The molecule has 33 heavy (non-hydrogen) atoms. The fourth-order valence-electron chi connectivity index (χ4n) is 4.67. The second kappa shape index (κ2) is 8.98. The molecular weight excluding hydrogens is 455 g/mol.